The molecule has 4 aliphatic heterocycles. The average Bonchev–Trinajstić information content (AvgIpc) is 3.40. The first-order valence-corrected chi connectivity index (χ1v) is 15.2. The maximum absolute atomic E-state index is 14.8. The van der Waals surface area contributed by atoms with Gasteiger partial charge in [0, 0.05) is 44.1 Å². The van der Waals surface area contributed by atoms with Gasteiger partial charge in [0.2, 0.25) is 5.91 Å². The van der Waals surface area contributed by atoms with Crippen molar-refractivity contribution in [1.82, 2.24) is 25.3 Å². The van der Waals surface area contributed by atoms with Gasteiger partial charge >= 0.3 is 0 Å². The van der Waals surface area contributed by atoms with Crippen molar-refractivity contribution in [2.24, 2.45) is 5.92 Å². The van der Waals surface area contributed by atoms with Crippen molar-refractivity contribution in [3.63, 3.8) is 0 Å². The Kier molecular flexibility index (Phi) is 8.35. The number of amides is 1. The molecule has 4 fully saturated rings. The third-order valence-corrected chi connectivity index (χ3v) is 10.2. The molecule has 9 nitrogen and oxygen atoms in total. The van der Waals surface area contributed by atoms with Gasteiger partial charge in [0.15, 0.2) is 17.9 Å². The SMILES string of the molecule is C=CC(=O)N1CCN(C2NC(OCC3CCCN3C)NC3C[C@@]4(CCc5cccc(F)c5O4)CCC32)CC1CC#N. The van der Waals surface area contributed by atoms with Crippen LogP contribution in [0.25, 0.3) is 0 Å². The Morgan fingerprint density at radius 1 is 1.27 bits per heavy atom. The van der Waals surface area contributed by atoms with Crippen LogP contribution in [-0.2, 0) is 16.0 Å². The van der Waals surface area contributed by atoms with Crippen molar-refractivity contribution in [2.45, 2.75) is 87.6 Å². The van der Waals surface area contributed by atoms with Gasteiger partial charge in [0.25, 0.3) is 0 Å². The highest BCUT2D eigenvalue weighted by Gasteiger charge is 2.51. The minimum Gasteiger partial charge on any atom is -0.484 e. The number of likely N-dealkylation sites (N-methyl/N-ethyl adjacent to an activating group) is 1. The number of nitrogens with zero attached hydrogens (tertiary/aromatic N) is 4. The summed E-state index contributed by atoms with van der Waals surface area (Å²) in [5.41, 5.74) is 0.547. The molecule has 7 atom stereocenters. The van der Waals surface area contributed by atoms with E-state index < -0.39 is 5.60 Å². The highest BCUT2D eigenvalue weighted by Crippen LogP contribution is 2.46. The molecule has 1 amide bonds. The van der Waals surface area contributed by atoms with Gasteiger partial charge in [-0.05, 0) is 69.8 Å². The summed E-state index contributed by atoms with van der Waals surface area (Å²) in [5.74, 6) is 0.300. The minimum absolute atomic E-state index is 0.0275. The third kappa shape index (κ3) is 5.75. The second-order valence-electron chi connectivity index (χ2n) is 12.5. The van der Waals surface area contributed by atoms with Gasteiger partial charge in [0.1, 0.15) is 5.60 Å². The third-order valence-electron chi connectivity index (χ3n) is 10.2. The number of carbonyl (C=O) groups is 1. The molecule has 0 bridgehead atoms. The van der Waals surface area contributed by atoms with E-state index in [9.17, 15) is 14.4 Å². The monoisotopic (exact) mass is 566 g/mol. The number of aryl methyl sites for hydroxylation is 1. The highest BCUT2D eigenvalue weighted by molar-refractivity contribution is 5.87. The molecular formula is C31H43FN6O3. The van der Waals surface area contributed by atoms with Crippen LogP contribution in [0.4, 0.5) is 4.39 Å². The fourth-order valence-corrected chi connectivity index (χ4v) is 7.87. The second-order valence-corrected chi connectivity index (χ2v) is 12.5. The van der Waals surface area contributed by atoms with E-state index in [4.69, 9.17) is 9.47 Å². The maximum atomic E-state index is 14.8. The molecule has 6 rings (SSSR count). The molecule has 222 valence electrons. The summed E-state index contributed by atoms with van der Waals surface area (Å²) in [4.78, 5) is 19.1. The van der Waals surface area contributed by atoms with Crippen LogP contribution in [0.3, 0.4) is 0 Å². The lowest BCUT2D eigenvalue weighted by molar-refractivity contribution is -0.139. The van der Waals surface area contributed by atoms with E-state index in [1.165, 1.54) is 18.6 Å². The van der Waals surface area contributed by atoms with Gasteiger partial charge in [0.05, 0.1) is 31.3 Å². The van der Waals surface area contributed by atoms with Crippen molar-refractivity contribution >= 4 is 5.91 Å². The molecule has 41 heavy (non-hydrogen) atoms. The van der Waals surface area contributed by atoms with E-state index >= 15 is 0 Å². The zero-order valence-corrected chi connectivity index (χ0v) is 24.1. The molecule has 1 spiro atoms. The quantitative estimate of drug-likeness (QED) is 0.508. The lowest BCUT2D eigenvalue weighted by Crippen LogP contribution is -2.73. The molecule has 0 radical (unpaired) electrons. The van der Waals surface area contributed by atoms with E-state index in [0.29, 0.717) is 38.0 Å². The molecule has 4 heterocycles. The largest absolute Gasteiger partial charge is 0.484 e. The predicted octanol–water partition coefficient (Wildman–Crippen LogP) is 2.58. The van der Waals surface area contributed by atoms with Crippen molar-refractivity contribution in [2.75, 3.05) is 39.8 Å². The molecule has 10 heteroatoms. The van der Waals surface area contributed by atoms with Gasteiger partial charge in [-0.25, -0.2) is 4.39 Å². The lowest BCUT2D eigenvalue weighted by atomic mass is 9.70. The molecule has 1 aromatic rings. The first-order valence-electron chi connectivity index (χ1n) is 15.2. The number of benzene rings is 1. The zero-order valence-electron chi connectivity index (χ0n) is 24.1. The number of para-hydroxylation sites is 1. The first kappa shape index (κ1) is 28.6. The van der Waals surface area contributed by atoms with Crippen molar-refractivity contribution in [1.29, 1.82) is 5.26 Å². The number of nitriles is 1. The number of halogens is 1. The van der Waals surface area contributed by atoms with Crippen LogP contribution >= 0.6 is 0 Å². The maximum Gasteiger partial charge on any atom is 0.246 e. The topological polar surface area (TPSA) is 93.1 Å². The Morgan fingerprint density at radius 2 is 2.15 bits per heavy atom. The van der Waals surface area contributed by atoms with Crippen LogP contribution in [0.1, 0.15) is 50.5 Å². The van der Waals surface area contributed by atoms with E-state index in [1.54, 1.807) is 11.0 Å². The number of hydrogen-bond acceptors (Lipinski definition) is 8. The fourth-order valence-electron chi connectivity index (χ4n) is 7.87. The average molecular weight is 567 g/mol. The molecule has 0 aromatic heterocycles. The molecule has 6 unspecified atom stereocenters. The van der Waals surface area contributed by atoms with Gasteiger partial charge in [-0.2, -0.15) is 5.26 Å². The number of hydrogen-bond donors (Lipinski definition) is 2. The van der Waals surface area contributed by atoms with Gasteiger partial charge < -0.3 is 19.3 Å². The summed E-state index contributed by atoms with van der Waals surface area (Å²) in [6.07, 6.45) is 7.89. The van der Waals surface area contributed by atoms with E-state index in [-0.39, 0.29) is 48.7 Å². The fraction of sp³-hybridized carbons (Fsp3) is 0.677. The first-order chi connectivity index (χ1) is 19.9. The van der Waals surface area contributed by atoms with Crippen LogP contribution < -0.4 is 15.4 Å². The number of ether oxygens (including phenoxy) is 2. The Labute approximate surface area is 242 Å². The van der Waals surface area contributed by atoms with Crippen molar-refractivity contribution in [3.05, 3.63) is 42.2 Å². The highest BCUT2D eigenvalue weighted by atomic mass is 19.1. The number of nitrogens with one attached hydrogen (secondary N) is 2. The van der Waals surface area contributed by atoms with Gasteiger partial charge in [-0.15, -0.1) is 0 Å². The summed E-state index contributed by atoms with van der Waals surface area (Å²) in [5, 5.41) is 17.0. The molecule has 1 aromatic carbocycles. The van der Waals surface area contributed by atoms with Crippen LogP contribution in [0, 0.1) is 23.1 Å². The zero-order chi connectivity index (χ0) is 28.6. The standard InChI is InChI=1S/C31H43FN6O3/c1-3-27(39)38-17-16-37(19-22(38)11-14-33)29-24-10-13-31(12-9-21-6-4-8-25(32)28(21)41-31)18-26(24)34-30(35-29)40-20-23-7-5-15-36(23)2/h3-4,6,8,22-24,26,29-30,34-35H,1,5,7,9-13,15-20H2,2H3/t22?,23?,24?,26?,29?,30?,31-/m1/s1. The minimum atomic E-state index is -0.403. The number of rotatable bonds is 6. The Balaban J connectivity index is 1.21. The number of fused-ring (bicyclic) bond motifs is 2. The van der Waals surface area contributed by atoms with Crippen LogP contribution in [0.15, 0.2) is 30.9 Å². The number of likely N-dealkylation sites (tertiary alicyclic amines) is 1. The number of carbonyl (C=O) groups excluding carboxylic acids is 1. The summed E-state index contributed by atoms with van der Waals surface area (Å²) < 4.78 is 27.8. The van der Waals surface area contributed by atoms with Crippen LogP contribution in [-0.4, -0.2) is 96.7 Å². The molecule has 5 aliphatic rings. The Hall–Kier alpha value is -2.55. The molecule has 1 saturated carbocycles. The molecule has 3 saturated heterocycles. The van der Waals surface area contributed by atoms with Crippen molar-refractivity contribution in [3.8, 4) is 11.8 Å². The van der Waals surface area contributed by atoms with Crippen molar-refractivity contribution < 1.29 is 18.7 Å². The van der Waals surface area contributed by atoms with Gasteiger partial charge in [-0.1, -0.05) is 18.7 Å². The van der Waals surface area contributed by atoms with E-state index in [2.05, 4.69) is 40.1 Å². The van der Waals surface area contributed by atoms with Crippen LogP contribution in [0.5, 0.6) is 5.75 Å². The Bertz CT molecular complexity index is 1180. The van der Waals surface area contributed by atoms with Gasteiger partial charge in [-0.3, -0.25) is 20.3 Å². The predicted molar refractivity (Wildman–Crippen MR) is 152 cm³/mol. The molecule has 2 N–H and O–H groups in total. The summed E-state index contributed by atoms with van der Waals surface area (Å²) in [6, 6.07) is 7.84. The lowest BCUT2D eigenvalue weighted by Gasteiger charge is -2.55. The number of piperazine rings is 1. The smallest absolute Gasteiger partial charge is 0.246 e. The summed E-state index contributed by atoms with van der Waals surface area (Å²) >= 11 is 0. The van der Waals surface area contributed by atoms with Crippen LogP contribution in [0.2, 0.25) is 0 Å². The van der Waals surface area contributed by atoms with E-state index in [0.717, 1.165) is 50.6 Å². The second kappa shape index (κ2) is 12.0. The van der Waals surface area contributed by atoms with E-state index in [1.807, 2.05) is 6.07 Å². The summed E-state index contributed by atoms with van der Waals surface area (Å²) in [6.45, 7) is 7.28. The molecular weight excluding hydrogens is 523 g/mol. The summed E-state index contributed by atoms with van der Waals surface area (Å²) in [7, 11) is 2.16. The normalized spacial score (nSPS) is 35.8. The molecule has 1 aliphatic carbocycles. The Morgan fingerprint density at radius 3 is 2.93 bits per heavy atom.